The van der Waals surface area contributed by atoms with E-state index in [0.717, 1.165) is 12.1 Å². The third kappa shape index (κ3) is 4.91. The molecule has 1 aliphatic heterocycles. The molecule has 0 unspecified atom stereocenters. The van der Waals surface area contributed by atoms with Gasteiger partial charge in [-0.15, -0.1) is 0 Å². The molecule has 1 fully saturated rings. The summed E-state index contributed by atoms with van der Waals surface area (Å²) in [6, 6.07) is 7.34. The molecule has 33 heavy (non-hydrogen) atoms. The van der Waals surface area contributed by atoms with Crippen LogP contribution in [0.3, 0.4) is 0 Å². The van der Waals surface area contributed by atoms with Crippen molar-refractivity contribution in [3.05, 3.63) is 59.6 Å². The van der Waals surface area contributed by atoms with Crippen molar-refractivity contribution < 1.29 is 35.7 Å². The Hall–Kier alpha value is -3.64. The Morgan fingerprint density at radius 2 is 1.67 bits per heavy atom. The number of rotatable bonds is 3. The summed E-state index contributed by atoms with van der Waals surface area (Å²) in [4.78, 5) is 23.4. The standard InChI is InChI=1S/C20H15F6N5O2/c21-19(22,23)14-3-1-2-12(10-14)17(32)31-8-6-30(7-9-31)15-5-4-13(11-27-15)16-28-18(33-29-16)20(24,25)26/h1-5,10-11H,6-9H2. The Morgan fingerprint density at radius 3 is 2.24 bits per heavy atom. The van der Waals surface area contributed by atoms with Crippen LogP contribution in [0.25, 0.3) is 11.4 Å². The highest BCUT2D eigenvalue weighted by Crippen LogP contribution is 2.31. The lowest BCUT2D eigenvalue weighted by atomic mass is 10.1. The van der Waals surface area contributed by atoms with Crippen molar-refractivity contribution in [1.29, 1.82) is 0 Å². The molecule has 0 radical (unpaired) electrons. The average Bonchev–Trinajstić information content (AvgIpc) is 3.29. The molecule has 1 aromatic carbocycles. The predicted octanol–water partition coefficient (Wildman–Crippen LogP) is 4.13. The molecular weight excluding hydrogens is 456 g/mol. The quantitative estimate of drug-likeness (QED) is 0.535. The lowest BCUT2D eigenvalue weighted by Gasteiger charge is -2.35. The SMILES string of the molecule is O=C(c1cccc(C(F)(F)F)c1)N1CCN(c2ccc(-c3noc(C(F)(F)F)n3)cn2)CC1. The van der Waals surface area contributed by atoms with Gasteiger partial charge in [0.25, 0.3) is 5.91 Å². The third-order valence-electron chi connectivity index (χ3n) is 5.00. The molecule has 4 rings (SSSR count). The number of hydrogen-bond acceptors (Lipinski definition) is 6. The van der Waals surface area contributed by atoms with Gasteiger partial charge >= 0.3 is 18.2 Å². The van der Waals surface area contributed by atoms with E-state index in [2.05, 4.69) is 19.6 Å². The van der Waals surface area contributed by atoms with Crippen LogP contribution in [0.5, 0.6) is 0 Å². The summed E-state index contributed by atoms with van der Waals surface area (Å²) < 4.78 is 80.7. The molecule has 1 saturated heterocycles. The van der Waals surface area contributed by atoms with Gasteiger partial charge in [-0.3, -0.25) is 4.79 Å². The highest BCUT2D eigenvalue weighted by atomic mass is 19.4. The minimum absolute atomic E-state index is 0.0425. The van der Waals surface area contributed by atoms with E-state index in [0.29, 0.717) is 18.9 Å². The zero-order chi connectivity index (χ0) is 23.8. The van der Waals surface area contributed by atoms with Crippen molar-refractivity contribution in [3.8, 4) is 11.4 Å². The molecule has 3 aromatic rings. The third-order valence-corrected chi connectivity index (χ3v) is 5.00. The van der Waals surface area contributed by atoms with Crippen LogP contribution < -0.4 is 4.90 Å². The topological polar surface area (TPSA) is 75.4 Å². The second kappa shape index (κ2) is 8.37. The van der Waals surface area contributed by atoms with Crippen molar-refractivity contribution in [1.82, 2.24) is 20.0 Å². The van der Waals surface area contributed by atoms with Gasteiger partial charge in [0.05, 0.1) is 5.56 Å². The van der Waals surface area contributed by atoms with Gasteiger partial charge in [0, 0.05) is 43.5 Å². The summed E-state index contributed by atoms with van der Waals surface area (Å²) in [6.07, 6.45) is -7.98. The first-order valence-corrected chi connectivity index (χ1v) is 9.61. The van der Waals surface area contributed by atoms with E-state index in [4.69, 9.17) is 0 Å². The van der Waals surface area contributed by atoms with Crippen molar-refractivity contribution in [2.24, 2.45) is 0 Å². The second-order valence-corrected chi connectivity index (χ2v) is 7.18. The Kier molecular flexibility index (Phi) is 5.72. The number of amides is 1. The Bertz CT molecular complexity index is 1130. The van der Waals surface area contributed by atoms with Gasteiger partial charge in [0.1, 0.15) is 5.82 Å². The van der Waals surface area contributed by atoms with E-state index in [-0.39, 0.29) is 30.0 Å². The maximum Gasteiger partial charge on any atom is 0.471 e. The first kappa shape index (κ1) is 22.6. The average molecular weight is 471 g/mol. The van der Waals surface area contributed by atoms with Crippen LogP contribution in [0.1, 0.15) is 21.8 Å². The predicted molar refractivity (Wildman–Crippen MR) is 102 cm³/mol. The maximum atomic E-state index is 12.9. The smallest absolute Gasteiger partial charge is 0.353 e. The van der Waals surface area contributed by atoms with E-state index in [1.807, 2.05) is 4.90 Å². The number of benzene rings is 1. The Balaban J connectivity index is 1.39. The van der Waals surface area contributed by atoms with Crippen molar-refractivity contribution in [3.63, 3.8) is 0 Å². The fourth-order valence-electron chi connectivity index (χ4n) is 3.31. The number of pyridine rings is 1. The van der Waals surface area contributed by atoms with E-state index in [1.54, 1.807) is 6.07 Å². The van der Waals surface area contributed by atoms with E-state index in [1.165, 1.54) is 29.3 Å². The highest BCUT2D eigenvalue weighted by molar-refractivity contribution is 5.94. The summed E-state index contributed by atoms with van der Waals surface area (Å²) in [5, 5.41) is 3.30. The van der Waals surface area contributed by atoms with Gasteiger partial charge in [-0.05, 0) is 30.3 Å². The summed E-state index contributed by atoms with van der Waals surface area (Å²) in [6.45, 7) is 1.27. The van der Waals surface area contributed by atoms with Crippen LogP contribution >= 0.6 is 0 Å². The fourth-order valence-corrected chi connectivity index (χ4v) is 3.31. The van der Waals surface area contributed by atoms with Crippen LogP contribution in [0, 0.1) is 0 Å². The molecule has 0 spiro atoms. The first-order chi connectivity index (χ1) is 15.5. The van der Waals surface area contributed by atoms with Crippen molar-refractivity contribution >= 4 is 11.7 Å². The van der Waals surface area contributed by atoms with Crippen molar-refractivity contribution in [2.75, 3.05) is 31.1 Å². The monoisotopic (exact) mass is 471 g/mol. The summed E-state index contributed by atoms with van der Waals surface area (Å²) in [5.74, 6) is -1.69. The van der Waals surface area contributed by atoms with Crippen molar-refractivity contribution in [2.45, 2.75) is 12.4 Å². The summed E-state index contributed by atoms with van der Waals surface area (Å²) in [5.41, 5.74) is -0.698. The summed E-state index contributed by atoms with van der Waals surface area (Å²) >= 11 is 0. The normalized spacial score (nSPS) is 15.1. The first-order valence-electron chi connectivity index (χ1n) is 9.61. The molecule has 2 aromatic heterocycles. The highest BCUT2D eigenvalue weighted by Gasteiger charge is 2.38. The molecule has 13 heteroatoms. The van der Waals surface area contributed by atoms with Crippen LogP contribution in [0.15, 0.2) is 47.1 Å². The van der Waals surface area contributed by atoms with Crippen LogP contribution in [0.2, 0.25) is 0 Å². The number of aromatic nitrogens is 3. The fraction of sp³-hybridized carbons (Fsp3) is 0.300. The molecule has 0 N–H and O–H groups in total. The van der Waals surface area contributed by atoms with Crippen LogP contribution in [0.4, 0.5) is 32.2 Å². The number of alkyl halides is 6. The van der Waals surface area contributed by atoms with Gasteiger partial charge in [0.15, 0.2) is 0 Å². The molecule has 1 amide bonds. The van der Waals surface area contributed by atoms with E-state index >= 15 is 0 Å². The Morgan fingerprint density at radius 1 is 0.939 bits per heavy atom. The van der Waals surface area contributed by atoms with Gasteiger partial charge in [-0.2, -0.15) is 31.3 Å². The molecule has 174 valence electrons. The molecule has 1 aliphatic rings. The lowest BCUT2D eigenvalue weighted by molar-refractivity contribution is -0.159. The maximum absolute atomic E-state index is 12.9. The number of carbonyl (C=O) groups is 1. The minimum atomic E-state index is -4.75. The molecular formula is C20H15F6N5O2. The van der Waals surface area contributed by atoms with E-state index < -0.39 is 29.7 Å². The number of carbonyl (C=O) groups excluding carboxylic acids is 1. The number of halogens is 6. The molecule has 0 saturated carbocycles. The molecule has 0 atom stereocenters. The Labute approximate surface area is 182 Å². The van der Waals surface area contributed by atoms with Gasteiger partial charge in [-0.25, -0.2) is 4.98 Å². The summed E-state index contributed by atoms with van der Waals surface area (Å²) in [7, 11) is 0. The van der Waals surface area contributed by atoms with Gasteiger partial charge in [-0.1, -0.05) is 11.2 Å². The largest absolute Gasteiger partial charge is 0.471 e. The number of nitrogens with zero attached hydrogens (tertiary/aromatic N) is 5. The molecule has 7 nitrogen and oxygen atoms in total. The second-order valence-electron chi connectivity index (χ2n) is 7.18. The lowest BCUT2D eigenvalue weighted by Crippen LogP contribution is -2.49. The molecule has 3 heterocycles. The van der Waals surface area contributed by atoms with Crippen LogP contribution in [-0.4, -0.2) is 52.1 Å². The molecule has 0 bridgehead atoms. The van der Waals surface area contributed by atoms with Gasteiger partial charge in [0.2, 0.25) is 5.82 Å². The number of hydrogen-bond donors (Lipinski definition) is 0. The zero-order valence-corrected chi connectivity index (χ0v) is 16.7. The zero-order valence-electron chi connectivity index (χ0n) is 16.7. The van der Waals surface area contributed by atoms with Crippen LogP contribution in [-0.2, 0) is 12.4 Å². The van der Waals surface area contributed by atoms with Gasteiger partial charge < -0.3 is 14.3 Å². The number of piperazine rings is 1. The molecule has 0 aliphatic carbocycles. The van der Waals surface area contributed by atoms with E-state index in [9.17, 15) is 31.1 Å². The minimum Gasteiger partial charge on any atom is -0.353 e. The number of anilines is 1.